The third kappa shape index (κ3) is 2.98. The molecule has 17 heavy (non-hydrogen) atoms. The van der Waals surface area contributed by atoms with Gasteiger partial charge in [-0.2, -0.15) is 4.31 Å². The highest BCUT2D eigenvalue weighted by atomic mass is 35.5. The van der Waals surface area contributed by atoms with E-state index in [4.69, 9.17) is 0 Å². The van der Waals surface area contributed by atoms with Crippen LogP contribution < -0.4 is 5.32 Å². The molecule has 0 unspecified atom stereocenters. The maximum atomic E-state index is 12.1. The fourth-order valence-electron chi connectivity index (χ4n) is 1.91. The van der Waals surface area contributed by atoms with Gasteiger partial charge in [0.1, 0.15) is 0 Å². The number of piperidine rings is 1. The summed E-state index contributed by atoms with van der Waals surface area (Å²) in [5, 5.41) is 3.37. The Morgan fingerprint density at radius 1 is 1.41 bits per heavy atom. The monoisotopic (exact) mass is 280 g/mol. The van der Waals surface area contributed by atoms with Gasteiger partial charge in [0, 0.05) is 13.1 Å². The number of rotatable bonds is 3. The standard InChI is InChI=1S/C9H16N4O2S.ClH/c1-13(8-2-4-10-5-3-8)16(14,15)9-6-11-7-12-9;/h6-8,10H,2-5H2,1H3,(H,11,12);1H. The number of aromatic amines is 1. The molecule has 0 atom stereocenters. The van der Waals surface area contributed by atoms with Gasteiger partial charge in [0.25, 0.3) is 10.0 Å². The van der Waals surface area contributed by atoms with Gasteiger partial charge in [-0.05, 0) is 25.9 Å². The molecule has 0 radical (unpaired) electrons. The van der Waals surface area contributed by atoms with Crippen molar-refractivity contribution in [1.29, 1.82) is 0 Å². The Balaban J connectivity index is 0.00000144. The number of nitrogens with one attached hydrogen (secondary N) is 2. The Hall–Kier alpha value is -0.630. The molecule has 8 heteroatoms. The smallest absolute Gasteiger partial charge is 0.260 e. The van der Waals surface area contributed by atoms with Crippen LogP contribution in [0.2, 0.25) is 0 Å². The molecule has 0 amide bonds. The largest absolute Gasteiger partial charge is 0.335 e. The molecule has 1 saturated heterocycles. The third-order valence-electron chi connectivity index (χ3n) is 2.95. The normalized spacial score (nSPS) is 18.0. The van der Waals surface area contributed by atoms with Crippen molar-refractivity contribution in [3.63, 3.8) is 0 Å². The van der Waals surface area contributed by atoms with Crippen LogP contribution in [-0.2, 0) is 10.0 Å². The van der Waals surface area contributed by atoms with Crippen LogP contribution in [0.4, 0.5) is 0 Å². The van der Waals surface area contributed by atoms with E-state index in [-0.39, 0.29) is 23.5 Å². The summed E-state index contributed by atoms with van der Waals surface area (Å²) in [6, 6.07) is 0.0783. The van der Waals surface area contributed by atoms with E-state index in [2.05, 4.69) is 15.3 Å². The number of hydrogen-bond donors (Lipinski definition) is 2. The van der Waals surface area contributed by atoms with E-state index >= 15 is 0 Å². The maximum absolute atomic E-state index is 12.1. The molecule has 0 saturated carbocycles. The predicted octanol–water partition coefficient (Wildman–Crippen LogP) is 0.204. The Morgan fingerprint density at radius 3 is 2.59 bits per heavy atom. The van der Waals surface area contributed by atoms with E-state index in [9.17, 15) is 8.42 Å². The molecule has 98 valence electrons. The summed E-state index contributed by atoms with van der Waals surface area (Å²) < 4.78 is 25.7. The second-order valence-corrected chi connectivity index (χ2v) is 5.88. The summed E-state index contributed by atoms with van der Waals surface area (Å²) in [6.07, 6.45) is 4.42. The molecule has 0 aliphatic carbocycles. The minimum absolute atomic E-state index is 0. The Morgan fingerprint density at radius 2 is 2.06 bits per heavy atom. The zero-order valence-electron chi connectivity index (χ0n) is 9.59. The lowest BCUT2D eigenvalue weighted by Gasteiger charge is -2.30. The number of imidazole rings is 1. The molecular formula is C9H17ClN4O2S. The summed E-state index contributed by atoms with van der Waals surface area (Å²) in [6.45, 7) is 1.74. The van der Waals surface area contributed by atoms with E-state index in [1.165, 1.54) is 16.8 Å². The molecule has 1 fully saturated rings. The van der Waals surface area contributed by atoms with Crippen LogP contribution in [0.3, 0.4) is 0 Å². The van der Waals surface area contributed by atoms with E-state index in [1.54, 1.807) is 7.05 Å². The minimum Gasteiger partial charge on any atom is -0.335 e. The van der Waals surface area contributed by atoms with Crippen molar-refractivity contribution in [3.8, 4) is 0 Å². The molecule has 6 nitrogen and oxygen atoms in total. The molecule has 0 spiro atoms. The lowest BCUT2D eigenvalue weighted by Crippen LogP contribution is -2.43. The van der Waals surface area contributed by atoms with Crippen LogP contribution in [0.15, 0.2) is 17.6 Å². The number of H-pyrrole nitrogens is 1. The van der Waals surface area contributed by atoms with Crippen molar-refractivity contribution in [2.45, 2.75) is 23.9 Å². The molecule has 1 aromatic rings. The summed E-state index contributed by atoms with van der Waals surface area (Å²) in [4.78, 5) is 6.38. The van der Waals surface area contributed by atoms with E-state index in [1.807, 2.05) is 0 Å². The van der Waals surface area contributed by atoms with Crippen molar-refractivity contribution in [2.75, 3.05) is 20.1 Å². The fraction of sp³-hybridized carbons (Fsp3) is 0.667. The highest BCUT2D eigenvalue weighted by molar-refractivity contribution is 7.89. The molecule has 0 aromatic carbocycles. The summed E-state index contributed by atoms with van der Waals surface area (Å²) >= 11 is 0. The number of hydrogen-bond acceptors (Lipinski definition) is 4. The maximum Gasteiger partial charge on any atom is 0.260 e. The first-order valence-electron chi connectivity index (χ1n) is 5.29. The molecule has 0 bridgehead atoms. The second kappa shape index (κ2) is 5.81. The molecular weight excluding hydrogens is 264 g/mol. The molecule has 2 heterocycles. The molecule has 1 aromatic heterocycles. The van der Waals surface area contributed by atoms with E-state index < -0.39 is 10.0 Å². The van der Waals surface area contributed by atoms with Gasteiger partial charge >= 0.3 is 0 Å². The van der Waals surface area contributed by atoms with Gasteiger partial charge < -0.3 is 10.3 Å². The zero-order chi connectivity index (χ0) is 11.6. The quantitative estimate of drug-likeness (QED) is 0.829. The average Bonchev–Trinajstić information content (AvgIpc) is 2.83. The predicted molar refractivity (Wildman–Crippen MR) is 66.7 cm³/mol. The Kier molecular flexibility index (Phi) is 4.93. The van der Waals surface area contributed by atoms with Crippen LogP contribution in [0.1, 0.15) is 12.8 Å². The topological polar surface area (TPSA) is 78.1 Å². The van der Waals surface area contributed by atoms with Crippen molar-refractivity contribution < 1.29 is 8.42 Å². The van der Waals surface area contributed by atoms with Crippen LogP contribution in [0.25, 0.3) is 0 Å². The SMILES string of the molecule is CN(C1CCNCC1)S(=O)(=O)c1cnc[nH]1.Cl. The first kappa shape index (κ1) is 14.4. The third-order valence-corrected chi connectivity index (χ3v) is 4.79. The molecule has 2 rings (SSSR count). The Labute approximate surface area is 107 Å². The summed E-state index contributed by atoms with van der Waals surface area (Å²) in [5.74, 6) is 0. The zero-order valence-corrected chi connectivity index (χ0v) is 11.2. The highest BCUT2D eigenvalue weighted by Crippen LogP contribution is 2.18. The van der Waals surface area contributed by atoms with Crippen molar-refractivity contribution >= 4 is 22.4 Å². The average molecular weight is 281 g/mol. The summed E-state index contributed by atoms with van der Waals surface area (Å²) in [7, 11) is -1.78. The van der Waals surface area contributed by atoms with Gasteiger partial charge in [-0.3, -0.25) is 0 Å². The first-order valence-corrected chi connectivity index (χ1v) is 6.73. The molecule has 1 aliphatic rings. The van der Waals surface area contributed by atoms with Gasteiger partial charge in [0.15, 0.2) is 5.03 Å². The van der Waals surface area contributed by atoms with Crippen LogP contribution in [0, 0.1) is 0 Å². The van der Waals surface area contributed by atoms with Gasteiger partial charge in [-0.1, -0.05) is 0 Å². The summed E-state index contributed by atoms with van der Waals surface area (Å²) in [5.41, 5.74) is 0. The Bertz CT molecular complexity index is 428. The lowest BCUT2D eigenvalue weighted by atomic mass is 10.1. The number of halogens is 1. The molecule has 1 aliphatic heterocycles. The molecule has 2 N–H and O–H groups in total. The van der Waals surface area contributed by atoms with Gasteiger partial charge in [0.05, 0.1) is 12.5 Å². The number of sulfonamides is 1. The second-order valence-electron chi connectivity index (χ2n) is 3.92. The van der Waals surface area contributed by atoms with Crippen LogP contribution >= 0.6 is 12.4 Å². The van der Waals surface area contributed by atoms with Crippen molar-refractivity contribution in [2.24, 2.45) is 0 Å². The van der Waals surface area contributed by atoms with Crippen LogP contribution in [-0.4, -0.2) is 48.9 Å². The number of aromatic nitrogens is 2. The van der Waals surface area contributed by atoms with Gasteiger partial charge in [0.2, 0.25) is 0 Å². The van der Waals surface area contributed by atoms with Crippen molar-refractivity contribution in [3.05, 3.63) is 12.5 Å². The van der Waals surface area contributed by atoms with Crippen LogP contribution in [0.5, 0.6) is 0 Å². The van der Waals surface area contributed by atoms with E-state index in [0.29, 0.717) is 0 Å². The minimum atomic E-state index is -3.41. The van der Waals surface area contributed by atoms with Gasteiger partial charge in [-0.25, -0.2) is 13.4 Å². The first-order chi connectivity index (χ1) is 7.62. The highest BCUT2D eigenvalue weighted by Gasteiger charge is 2.29. The fourth-order valence-corrected chi connectivity index (χ4v) is 3.22. The van der Waals surface area contributed by atoms with E-state index in [0.717, 1.165) is 25.9 Å². The lowest BCUT2D eigenvalue weighted by molar-refractivity contribution is 0.296. The van der Waals surface area contributed by atoms with Crippen molar-refractivity contribution in [1.82, 2.24) is 19.6 Å². The number of nitrogens with zero attached hydrogens (tertiary/aromatic N) is 2. The van der Waals surface area contributed by atoms with Gasteiger partial charge in [-0.15, -0.1) is 12.4 Å².